The topological polar surface area (TPSA) is 12.0 Å². The lowest BCUT2D eigenvalue weighted by molar-refractivity contribution is 0.585. The number of hydrogen-bond donors (Lipinski definition) is 1. The lowest BCUT2D eigenvalue weighted by atomic mass is 10.0. The quantitative estimate of drug-likeness (QED) is 0.534. The smallest absolute Gasteiger partial charge is 0.148 e. The minimum absolute atomic E-state index is 0.0701. The maximum absolute atomic E-state index is 14.1. The molecule has 0 bridgehead atoms. The Bertz CT molecular complexity index is 646. The summed E-state index contributed by atoms with van der Waals surface area (Å²) < 4.78 is 28.2. The molecule has 2 rings (SSSR count). The maximum atomic E-state index is 14.1. The number of hydrogen-bond acceptors (Lipinski definition) is 1. The molecule has 1 nitrogen and oxygen atoms in total. The van der Waals surface area contributed by atoms with Gasteiger partial charge in [-0.05, 0) is 58.2 Å². The van der Waals surface area contributed by atoms with E-state index < -0.39 is 11.6 Å². The molecule has 2 aromatic rings. The monoisotopic (exact) mass is 373 g/mol. The molecule has 112 valence electrons. The van der Waals surface area contributed by atoms with Crippen LogP contribution < -0.4 is 5.32 Å². The molecule has 0 aliphatic heterocycles. The van der Waals surface area contributed by atoms with Gasteiger partial charge in [0.05, 0.1) is 10.0 Å². The van der Waals surface area contributed by atoms with Crippen molar-refractivity contribution in [2.75, 3.05) is 6.54 Å². The normalized spacial score (nSPS) is 10.9. The number of nitrogens with one attached hydrogen (secondary N) is 1. The molecule has 0 saturated heterocycles. The molecule has 0 atom stereocenters. The minimum Gasteiger partial charge on any atom is -0.313 e. The van der Waals surface area contributed by atoms with Crippen LogP contribution in [0.25, 0.3) is 11.1 Å². The van der Waals surface area contributed by atoms with Crippen molar-refractivity contribution in [2.45, 2.75) is 19.9 Å². The van der Waals surface area contributed by atoms with Crippen molar-refractivity contribution in [1.29, 1.82) is 0 Å². The van der Waals surface area contributed by atoms with E-state index in [-0.39, 0.29) is 10.0 Å². The van der Waals surface area contributed by atoms with E-state index in [0.29, 0.717) is 17.1 Å². The number of rotatable bonds is 5. The molecule has 2 aromatic carbocycles. The van der Waals surface area contributed by atoms with Crippen molar-refractivity contribution < 1.29 is 8.78 Å². The summed E-state index contributed by atoms with van der Waals surface area (Å²) in [6.07, 6.45) is 1.03. The number of halogens is 4. The first-order valence-corrected chi connectivity index (χ1v) is 7.84. The van der Waals surface area contributed by atoms with Crippen molar-refractivity contribution in [1.82, 2.24) is 5.32 Å². The van der Waals surface area contributed by atoms with Gasteiger partial charge in [0.15, 0.2) is 0 Å². The number of benzene rings is 2. The van der Waals surface area contributed by atoms with Gasteiger partial charge < -0.3 is 5.32 Å². The Morgan fingerprint density at radius 1 is 1.19 bits per heavy atom. The minimum atomic E-state index is -0.622. The Hall–Kier alpha value is -0.970. The van der Waals surface area contributed by atoms with Crippen LogP contribution in [0.3, 0.4) is 0 Å². The van der Waals surface area contributed by atoms with Gasteiger partial charge in [-0.1, -0.05) is 30.7 Å². The van der Waals surface area contributed by atoms with Crippen molar-refractivity contribution >= 4 is 27.5 Å². The van der Waals surface area contributed by atoms with Crippen molar-refractivity contribution in [2.24, 2.45) is 0 Å². The first kappa shape index (κ1) is 16.4. The zero-order valence-corrected chi connectivity index (χ0v) is 13.9. The van der Waals surface area contributed by atoms with E-state index >= 15 is 0 Å². The highest BCUT2D eigenvalue weighted by molar-refractivity contribution is 9.10. The molecule has 0 spiro atoms. The first-order chi connectivity index (χ1) is 10.0. The summed E-state index contributed by atoms with van der Waals surface area (Å²) in [6, 6.07) is 7.65. The molecule has 5 heteroatoms. The van der Waals surface area contributed by atoms with Crippen molar-refractivity contribution in [3.8, 4) is 11.1 Å². The van der Waals surface area contributed by atoms with E-state index in [1.54, 1.807) is 18.2 Å². The molecule has 0 unspecified atom stereocenters. The lowest BCUT2D eigenvalue weighted by Crippen LogP contribution is -2.14. The van der Waals surface area contributed by atoms with E-state index in [2.05, 4.69) is 28.2 Å². The Morgan fingerprint density at radius 3 is 2.62 bits per heavy atom. The molecule has 0 aliphatic rings. The summed E-state index contributed by atoms with van der Waals surface area (Å²) in [4.78, 5) is 0. The van der Waals surface area contributed by atoms with Crippen LogP contribution in [-0.4, -0.2) is 6.54 Å². The Kier molecular flexibility index (Phi) is 5.73. The summed E-state index contributed by atoms with van der Waals surface area (Å²) in [7, 11) is 0. The fourth-order valence-electron chi connectivity index (χ4n) is 2.04. The Morgan fingerprint density at radius 2 is 1.95 bits per heavy atom. The van der Waals surface area contributed by atoms with Gasteiger partial charge >= 0.3 is 0 Å². The average Bonchev–Trinajstić information content (AvgIpc) is 2.46. The first-order valence-electron chi connectivity index (χ1n) is 6.67. The largest absolute Gasteiger partial charge is 0.313 e. The van der Waals surface area contributed by atoms with Gasteiger partial charge in [0.2, 0.25) is 0 Å². The van der Waals surface area contributed by atoms with E-state index in [9.17, 15) is 8.78 Å². The second kappa shape index (κ2) is 7.34. The van der Waals surface area contributed by atoms with Crippen molar-refractivity contribution in [3.05, 3.63) is 57.0 Å². The Balaban J connectivity index is 2.34. The summed E-state index contributed by atoms with van der Waals surface area (Å²) in [6.45, 7) is 3.61. The molecule has 0 aromatic heterocycles. The molecule has 0 saturated carbocycles. The van der Waals surface area contributed by atoms with Crippen LogP contribution in [-0.2, 0) is 6.54 Å². The SMILES string of the molecule is CCCNCc1ccc(-c2c(F)ccc(Br)c2F)cc1Cl. The van der Waals surface area contributed by atoms with Crippen LogP contribution in [0.2, 0.25) is 5.02 Å². The second-order valence-electron chi connectivity index (χ2n) is 4.70. The molecule has 1 N–H and O–H groups in total. The molecular weight excluding hydrogens is 360 g/mol. The molecule has 21 heavy (non-hydrogen) atoms. The van der Waals surface area contributed by atoms with Crippen LogP contribution in [0.15, 0.2) is 34.8 Å². The molecule has 0 radical (unpaired) electrons. The fourth-order valence-corrected chi connectivity index (χ4v) is 2.62. The van der Waals surface area contributed by atoms with Gasteiger partial charge in [-0.2, -0.15) is 0 Å². The van der Waals surface area contributed by atoms with Gasteiger partial charge in [-0.3, -0.25) is 0 Å². The van der Waals surface area contributed by atoms with Gasteiger partial charge in [-0.15, -0.1) is 0 Å². The third-order valence-corrected chi connectivity index (χ3v) is 4.09. The van der Waals surface area contributed by atoms with Gasteiger partial charge in [0.1, 0.15) is 11.6 Å². The highest BCUT2D eigenvalue weighted by Crippen LogP contribution is 2.32. The van der Waals surface area contributed by atoms with Gasteiger partial charge in [0, 0.05) is 11.6 Å². The van der Waals surface area contributed by atoms with E-state index in [1.165, 1.54) is 12.1 Å². The highest BCUT2D eigenvalue weighted by atomic mass is 79.9. The molecule has 0 heterocycles. The van der Waals surface area contributed by atoms with E-state index in [1.807, 2.05) is 0 Å². The predicted molar refractivity (Wildman–Crippen MR) is 86.5 cm³/mol. The fraction of sp³-hybridized carbons (Fsp3) is 0.250. The Labute approximate surface area is 136 Å². The molecule has 0 fully saturated rings. The maximum Gasteiger partial charge on any atom is 0.148 e. The van der Waals surface area contributed by atoms with E-state index in [0.717, 1.165) is 18.5 Å². The van der Waals surface area contributed by atoms with Crippen LogP contribution in [0.1, 0.15) is 18.9 Å². The predicted octanol–water partition coefficient (Wildman–Crippen LogP) is 5.55. The molecular formula is C16H15BrClF2N. The third kappa shape index (κ3) is 3.82. The summed E-state index contributed by atoms with van der Waals surface area (Å²) in [5.41, 5.74) is 1.26. The van der Waals surface area contributed by atoms with Crippen LogP contribution in [0, 0.1) is 11.6 Å². The zero-order chi connectivity index (χ0) is 15.4. The van der Waals surface area contributed by atoms with E-state index in [4.69, 9.17) is 11.6 Å². The average molecular weight is 375 g/mol. The van der Waals surface area contributed by atoms with Crippen LogP contribution >= 0.6 is 27.5 Å². The standard InChI is InChI=1S/C16H15BrClF2N/c1-2-7-21-9-11-4-3-10(8-13(11)18)15-14(19)6-5-12(17)16(15)20/h3-6,8,21H,2,7,9H2,1H3. The van der Waals surface area contributed by atoms with Crippen molar-refractivity contribution in [3.63, 3.8) is 0 Å². The summed E-state index contributed by atoms with van der Waals surface area (Å²) in [5.74, 6) is -1.23. The second-order valence-corrected chi connectivity index (χ2v) is 5.96. The summed E-state index contributed by atoms with van der Waals surface area (Å²) in [5, 5.41) is 3.74. The van der Waals surface area contributed by atoms with Gasteiger partial charge in [-0.25, -0.2) is 8.78 Å². The van der Waals surface area contributed by atoms with Crippen LogP contribution in [0.5, 0.6) is 0 Å². The highest BCUT2D eigenvalue weighted by Gasteiger charge is 2.15. The third-order valence-electron chi connectivity index (χ3n) is 3.13. The summed E-state index contributed by atoms with van der Waals surface area (Å²) >= 11 is 9.27. The lowest BCUT2D eigenvalue weighted by Gasteiger charge is -2.10. The zero-order valence-electron chi connectivity index (χ0n) is 11.5. The van der Waals surface area contributed by atoms with Crippen LogP contribution in [0.4, 0.5) is 8.78 Å². The molecule has 0 aliphatic carbocycles. The van der Waals surface area contributed by atoms with Gasteiger partial charge in [0.25, 0.3) is 0 Å². The molecule has 0 amide bonds.